The number of hydrogen-bond acceptors (Lipinski definition) is 6. The first-order chi connectivity index (χ1) is 13.7. The van der Waals surface area contributed by atoms with Gasteiger partial charge in [-0.15, -0.1) is 11.3 Å². The molecule has 0 aliphatic rings. The summed E-state index contributed by atoms with van der Waals surface area (Å²) < 4.78 is 43.7. The highest BCUT2D eigenvalue weighted by atomic mass is 32.1. The zero-order valence-corrected chi connectivity index (χ0v) is 16.6. The van der Waals surface area contributed by atoms with E-state index >= 15 is 0 Å². The Morgan fingerprint density at radius 3 is 2.76 bits per heavy atom. The molecule has 0 radical (unpaired) electrons. The Hall–Kier alpha value is -2.75. The zero-order valence-electron chi connectivity index (χ0n) is 15.8. The van der Waals surface area contributed by atoms with Crippen LogP contribution in [0, 0.1) is 0 Å². The Bertz CT molecular complexity index is 982. The summed E-state index contributed by atoms with van der Waals surface area (Å²) in [6.07, 6.45) is -3.29. The maximum Gasteiger partial charge on any atom is 0.416 e. The fourth-order valence-corrected chi connectivity index (χ4v) is 3.27. The van der Waals surface area contributed by atoms with Gasteiger partial charge >= 0.3 is 6.18 Å². The molecule has 0 atom stereocenters. The van der Waals surface area contributed by atoms with Gasteiger partial charge in [-0.3, -0.25) is 4.79 Å². The summed E-state index contributed by atoms with van der Waals surface area (Å²) >= 11 is 1.12. The number of nitrogens with one attached hydrogen (secondary N) is 1. The molecule has 29 heavy (non-hydrogen) atoms. The minimum absolute atomic E-state index is 0.169. The molecular weight excluding hydrogens is 405 g/mol. The lowest BCUT2D eigenvalue weighted by molar-refractivity contribution is -0.137. The van der Waals surface area contributed by atoms with Gasteiger partial charge in [-0.05, 0) is 18.6 Å². The van der Waals surface area contributed by atoms with Crippen molar-refractivity contribution in [2.75, 3.05) is 6.54 Å². The van der Waals surface area contributed by atoms with Gasteiger partial charge in [0.05, 0.1) is 5.56 Å². The van der Waals surface area contributed by atoms with Crippen molar-refractivity contribution in [1.29, 1.82) is 0 Å². The van der Waals surface area contributed by atoms with Crippen LogP contribution in [0.4, 0.5) is 13.2 Å². The maximum atomic E-state index is 12.9. The smallest absolute Gasteiger partial charge is 0.351 e. The van der Waals surface area contributed by atoms with Crippen LogP contribution in [0.25, 0.3) is 10.6 Å². The van der Waals surface area contributed by atoms with Crippen LogP contribution in [0.5, 0.6) is 0 Å². The molecule has 0 unspecified atom stereocenters. The Morgan fingerprint density at radius 1 is 1.28 bits per heavy atom. The SMILES string of the molecule is CC(C)c1noc(CCCNC(=O)c2csc(-c3cccc(C(F)(F)F)c3)n2)n1. The highest BCUT2D eigenvalue weighted by Gasteiger charge is 2.30. The molecule has 1 N–H and O–H groups in total. The second-order valence-electron chi connectivity index (χ2n) is 6.68. The van der Waals surface area contributed by atoms with Crippen molar-refractivity contribution < 1.29 is 22.5 Å². The van der Waals surface area contributed by atoms with E-state index in [1.54, 1.807) is 0 Å². The average molecular weight is 424 g/mol. The van der Waals surface area contributed by atoms with Crippen LogP contribution < -0.4 is 5.32 Å². The highest BCUT2D eigenvalue weighted by molar-refractivity contribution is 7.13. The van der Waals surface area contributed by atoms with Gasteiger partial charge in [0, 0.05) is 29.8 Å². The van der Waals surface area contributed by atoms with Crippen molar-refractivity contribution in [1.82, 2.24) is 20.4 Å². The number of thiazole rings is 1. The van der Waals surface area contributed by atoms with Crippen molar-refractivity contribution in [3.8, 4) is 10.6 Å². The van der Waals surface area contributed by atoms with Gasteiger partial charge in [0.25, 0.3) is 5.91 Å². The summed E-state index contributed by atoms with van der Waals surface area (Å²) in [6.45, 7) is 4.32. The summed E-state index contributed by atoms with van der Waals surface area (Å²) in [6, 6.07) is 4.88. The molecule has 10 heteroatoms. The third-order valence-electron chi connectivity index (χ3n) is 4.03. The van der Waals surface area contributed by atoms with Crippen LogP contribution in [0.3, 0.4) is 0 Å². The Morgan fingerprint density at radius 2 is 2.07 bits per heavy atom. The molecule has 6 nitrogen and oxygen atoms in total. The predicted octanol–water partition coefficient (Wildman–Crippen LogP) is 4.70. The van der Waals surface area contributed by atoms with Crippen LogP contribution in [-0.4, -0.2) is 27.6 Å². The van der Waals surface area contributed by atoms with E-state index < -0.39 is 11.7 Å². The van der Waals surface area contributed by atoms with E-state index in [1.807, 2.05) is 13.8 Å². The molecular formula is C19H19F3N4O2S. The summed E-state index contributed by atoms with van der Waals surface area (Å²) in [5.41, 5.74) is -0.263. The number of carbonyl (C=O) groups excluding carboxylic acids is 1. The number of rotatable bonds is 7. The highest BCUT2D eigenvalue weighted by Crippen LogP contribution is 2.33. The van der Waals surface area contributed by atoms with Gasteiger partial charge in [0.15, 0.2) is 5.82 Å². The van der Waals surface area contributed by atoms with Crippen LogP contribution >= 0.6 is 11.3 Å². The second-order valence-corrected chi connectivity index (χ2v) is 7.54. The van der Waals surface area contributed by atoms with E-state index in [4.69, 9.17) is 4.52 Å². The first-order valence-electron chi connectivity index (χ1n) is 8.98. The van der Waals surface area contributed by atoms with E-state index in [9.17, 15) is 18.0 Å². The first kappa shape index (κ1) is 21.0. The Kier molecular flexibility index (Phi) is 6.31. The fourth-order valence-electron chi connectivity index (χ4n) is 2.48. The minimum atomic E-state index is -4.43. The molecule has 3 aromatic rings. The molecule has 2 heterocycles. The molecule has 0 spiro atoms. The van der Waals surface area contributed by atoms with Crippen molar-refractivity contribution >= 4 is 17.2 Å². The minimum Gasteiger partial charge on any atom is -0.351 e. The molecule has 0 aliphatic carbocycles. The third-order valence-corrected chi connectivity index (χ3v) is 4.92. The van der Waals surface area contributed by atoms with Crippen LogP contribution in [-0.2, 0) is 12.6 Å². The maximum absolute atomic E-state index is 12.9. The van der Waals surface area contributed by atoms with E-state index in [1.165, 1.54) is 17.5 Å². The number of benzene rings is 1. The molecule has 0 fully saturated rings. The van der Waals surface area contributed by atoms with Gasteiger partial charge in [-0.1, -0.05) is 31.1 Å². The summed E-state index contributed by atoms with van der Waals surface area (Å²) in [4.78, 5) is 20.6. The second kappa shape index (κ2) is 8.73. The number of hydrogen-bond donors (Lipinski definition) is 1. The van der Waals surface area contributed by atoms with E-state index in [0.717, 1.165) is 23.5 Å². The van der Waals surface area contributed by atoms with Crippen molar-refractivity contribution in [2.45, 2.75) is 38.8 Å². The summed E-state index contributed by atoms with van der Waals surface area (Å²) in [7, 11) is 0. The Balaban J connectivity index is 1.54. The molecule has 154 valence electrons. The van der Waals surface area contributed by atoms with Gasteiger partial charge in [0.1, 0.15) is 10.7 Å². The van der Waals surface area contributed by atoms with E-state index in [2.05, 4.69) is 20.4 Å². The van der Waals surface area contributed by atoms with Crippen molar-refractivity contribution in [3.05, 3.63) is 52.6 Å². The lowest BCUT2D eigenvalue weighted by Crippen LogP contribution is -2.25. The number of amides is 1. The molecule has 1 aromatic carbocycles. The Labute approximate surface area is 169 Å². The molecule has 2 aromatic heterocycles. The summed E-state index contributed by atoms with van der Waals surface area (Å²) in [5, 5.41) is 8.49. The number of aromatic nitrogens is 3. The van der Waals surface area contributed by atoms with Gasteiger partial charge in [-0.2, -0.15) is 18.2 Å². The molecule has 0 saturated heterocycles. The summed E-state index contributed by atoms with van der Waals surface area (Å²) in [5.74, 6) is 0.966. The number of carbonyl (C=O) groups is 1. The normalized spacial score (nSPS) is 11.8. The lowest BCUT2D eigenvalue weighted by atomic mass is 10.1. The monoisotopic (exact) mass is 424 g/mol. The molecule has 3 rings (SSSR count). The third kappa shape index (κ3) is 5.41. The largest absolute Gasteiger partial charge is 0.416 e. The van der Waals surface area contributed by atoms with Gasteiger partial charge in [0.2, 0.25) is 5.89 Å². The predicted molar refractivity (Wildman–Crippen MR) is 102 cm³/mol. The van der Waals surface area contributed by atoms with E-state index in [-0.39, 0.29) is 17.5 Å². The number of nitrogens with zero attached hydrogens (tertiary/aromatic N) is 3. The quantitative estimate of drug-likeness (QED) is 0.556. The lowest BCUT2D eigenvalue weighted by Gasteiger charge is -2.07. The number of aryl methyl sites for hydroxylation is 1. The fraction of sp³-hybridized carbons (Fsp3) is 0.368. The molecule has 0 saturated carbocycles. The standard InChI is InChI=1S/C19H19F3N4O2S/c1-11(2)16-25-15(28-26-16)7-4-8-23-17(27)14-10-29-18(24-14)12-5-3-6-13(9-12)19(20,21)22/h3,5-6,9-11H,4,7-8H2,1-2H3,(H,23,27). The molecule has 1 amide bonds. The van der Waals surface area contributed by atoms with Crippen LogP contribution in [0.15, 0.2) is 34.2 Å². The average Bonchev–Trinajstić information content (AvgIpc) is 3.34. The van der Waals surface area contributed by atoms with Crippen molar-refractivity contribution in [3.63, 3.8) is 0 Å². The van der Waals surface area contributed by atoms with Gasteiger partial charge < -0.3 is 9.84 Å². The molecule has 0 bridgehead atoms. The molecule has 0 aliphatic heterocycles. The van der Waals surface area contributed by atoms with Crippen molar-refractivity contribution in [2.24, 2.45) is 0 Å². The topological polar surface area (TPSA) is 80.9 Å². The van der Waals surface area contributed by atoms with Crippen LogP contribution in [0.1, 0.15) is 54.0 Å². The first-order valence-corrected chi connectivity index (χ1v) is 9.86. The van der Waals surface area contributed by atoms with E-state index in [0.29, 0.717) is 41.7 Å². The van der Waals surface area contributed by atoms with Gasteiger partial charge in [-0.25, -0.2) is 4.98 Å². The zero-order chi connectivity index (χ0) is 21.0. The van der Waals surface area contributed by atoms with Crippen LogP contribution in [0.2, 0.25) is 0 Å². The number of alkyl halides is 3. The number of halogens is 3.